The molecule has 0 aromatic rings. The average Bonchev–Trinajstić information content (AvgIpc) is 2.90. The molecule has 0 saturated carbocycles. The molecule has 2 amide bonds. The van der Waals surface area contributed by atoms with E-state index in [-0.39, 0.29) is 32.1 Å². The van der Waals surface area contributed by atoms with Crippen LogP contribution >= 0.6 is 0 Å². The van der Waals surface area contributed by atoms with Crippen molar-refractivity contribution in [2.24, 2.45) is 5.41 Å². The van der Waals surface area contributed by atoms with Crippen LogP contribution < -0.4 is 0 Å². The Kier molecular flexibility index (Phi) is 21.6. The predicted molar refractivity (Wildman–Crippen MR) is 150 cm³/mol. The Hall–Kier alpha value is -2.71. The van der Waals surface area contributed by atoms with Crippen molar-refractivity contribution in [1.29, 1.82) is 0 Å². The summed E-state index contributed by atoms with van der Waals surface area (Å²) in [6.45, 7) is 5.47. The first-order valence-corrected chi connectivity index (χ1v) is 14.8. The van der Waals surface area contributed by atoms with Crippen molar-refractivity contribution >= 4 is 30.2 Å². The van der Waals surface area contributed by atoms with Gasteiger partial charge in [-0.05, 0) is 38.5 Å². The zero-order valence-corrected chi connectivity index (χ0v) is 24.0. The largest absolute Gasteiger partial charge is 0.481 e. The molecule has 1 atom stereocenters. The summed E-state index contributed by atoms with van der Waals surface area (Å²) in [5.74, 6) is -3.81. The van der Waals surface area contributed by atoms with Gasteiger partial charge in [-0.15, -0.1) is 11.6 Å². The maximum Gasteiger partial charge on any atom is 0.350 e. The second kappa shape index (κ2) is 23.2. The number of nitrogens with zero attached hydrogens (tertiary/aromatic N) is 1. The predicted octanol–water partition coefficient (Wildman–Crippen LogP) is 6.98. The van der Waals surface area contributed by atoms with Crippen LogP contribution in [0, 0.1) is 5.41 Å². The summed E-state index contributed by atoms with van der Waals surface area (Å²) in [7, 11) is 0. The summed E-state index contributed by atoms with van der Waals surface area (Å²) in [6.07, 6.45) is 17.1. The Morgan fingerprint density at radius 1 is 0.744 bits per heavy atom. The molecule has 0 saturated heterocycles. The van der Waals surface area contributed by atoms with Gasteiger partial charge in [-0.1, -0.05) is 96.5 Å². The number of aliphatic carboxylic acids is 2. The monoisotopic (exact) mass is 553 g/mol. The molecule has 0 heterocycles. The van der Waals surface area contributed by atoms with Crippen molar-refractivity contribution in [3.05, 3.63) is 12.7 Å². The fraction of sp³-hybridized carbons (Fsp3) is 0.767. The molecular formula is C30H51NO8. The van der Waals surface area contributed by atoms with Gasteiger partial charge in [0, 0.05) is 12.8 Å². The molecule has 0 aromatic carbocycles. The summed E-state index contributed by atoms with van der Waals surface area (Å²) in [4.78, 5) is 64.8. The number of carbonyl (C=O) groups excluding carboxylic acids is 3. The summed E-state index contributed by atoms with van der Waals surface area (Å²) in [5.41, 5.74) is -1.81. The lowest BCUT2D eigenvalue weighted by Crippen LogP contribution is -2.45. The van der Waals surface area contributed by atoms with Crippen LogP contribution in [0.2, 0.25) is 0 Å². The number of hydrogen-bond acceptors (Lipinski definition) is 6. The third-order valence-corrected chi connectivity index (χ3v) is 7.04. The Bertz CT molecular complexity index is 738. The van der Waals surface area contributed by atoms with Crippen LogP contribution in [0.3, 0.4) is 0 Å². The SMILES string of the molecule is C=CCCCCCCCCCC(CCCCCCCCCCC(=O)O)(C(=O)O)C(=O)ON(C=O)C(=O)CCC. The van der Waals surface area contributed by atoms with Gasteiger partial charge in [0.2, 0.25) is 0 Å². The molecule has 0 rings (SSSR count). The van der Waals surface area contributed by atoms with E-state index in [0.29, 0.717) is 30.7 Å². The molecule has 39 heavy (non-hydrogen) atoms. The second-order valence-electron chi connectivity index (χ2n) is 10.4. The minimum absolute atomic E-state index is 0.00913. The third-order valence-electron chi connectivity index (χ3n) is 7.04. The van der Waals surface area contributed by atoms with Gasteiger partial charge in [-0.25, -0.2) is 4.79 Å². The molecule has 0 aliphatic heterocycles. The van der Waals surface area contributed by atoms with Crippen molar-refractivity contribution in [2.45, 2.75) is 142 Å². The number of carboxylic acids is 2. The van der Waals surface area contributed by atoms with E-state index >= 15 is 0 Å². The number of amides is 2. The average molecular weight is 554 g/mol. The van der Waals surface area contributed by atoms with Crippen molar-refractivity contribution < 1.29 is 39.0 Å². The van der Waals surface area contributed by atoms with Gasteiger partial charge in [-0.3, -0.25) is 19.2 Å². The van der Waals surface area contributed by atoms with Crippen LogP contribution in [0.15, 0.2) is 12.7 Å². The summed E-state index contributed by atoms with van der Waals surface area (Å²) in [5, 5.41) is 19.2. The zero-order chi connectivity index (χ0) is 29.4. The number of allylic oxidation sites excluding steroid dienone is 1. The molecule has 1 unspecified atom stereocenters. The fourth-order valence-corrected chi connectivity index (χ4v) is 4.63. The molecule has 9 nitrogen and oxygen atoms in total. The first-order valence-electron chi connectivity index (χ1n) is 14.8. The highest BCUT2D eigenvalue weighted by Crippen LogP contribution is 2.35. The third kappa shape index (κ3) is 16.8. The lowest BCUT2D eigenvalue weighted by Gasteiger charge is -2.28. The summed E-state index contributed by atoms with van der Waals surface area (Å²) in [6, 6.07) is 0. The molecule has 0 spiro atoms. The Morgan fingerprint density at radius 2 is 1.21 bits per heavy atom. The van der Waals surface area contributed by atoms with Crippen LogP contribution in [0.5, 0.6) is 0 Å². The van der Waals surface area contributed by atoms with Gasteiger partial charge < -0.3 is 15.1 Å². The standard InChI is InChI=1S/C30H51NO8/c1-3-5-6-7-8-10-13-16-19-23-30(28(36)37,29(38)39-31(25-32)26(33)21-4-2)24-20-17-14-11-9-12-15-18-22-27(34)35/h3,25H,1,4-24H2,2H3,(H,34,35)(H,36,37). The van der Waals surface area contributed by atoms with Crippen molar-refractivity contribution in [3.63, 3.8) is 0 Å². The molecule has 9 heteroatoms. The minimum atomic E-state index is -1.81. The van der Waals surface area contributed by atoms with Crippen LogP contribution in [-0.2, 0) is 28.8 Å². The normalized spacial score (nSPS) is 12.3. The number of hydrogen-bond donors (Lipinski definition) is 2. The lowest BCUT2D eigenvalue weighted by atomic mass is 9.77. The minimum Gasteiger partial charge on any atom is -0.481 e. The van der Waals surface area contributed by atoms with Gasteiger partial charge in [0.1, 0.15) is 0 Å². The lowest BCUT2D eigenvalue weighted by molar-refractivity contribution is -0.208. The zero-order valence-electron chi connectivity index (χ0n) is 24.0. The molecular weight excluding hydrogens is 502 g/mol. The molecule has 0 fully saturated rings. The first-order chi connectivity index (χ1) is 18.7. The Balaban J connectivity index is 4.96. The van der Waals surface area contributed by atoms with Crippen LogP contribution in [-0.4, -0.2) is 45.5 Å². The smallest absolute Gasteiger partial charge is 0.350 e. The summed E-state index contributed by atoms with van der Waals surface area (Å²) < 4.78 is 0. The van der Waals surface area contributed by atoms with E-state index in [4.69, 9.17) is 9.94 Å². The van der Waals surface area contributed by atoms with Crippen molar-refractivity contribution in [3.8, 4) is 0 Å². The number of carboxylic acid groups (broad SMARTS) is 2. The molecule has 2 N–H and O–H groups in total. The van der Waals surface area contributed by atoms with Crippen molar-refractivity contribution in [2.75, 3.05) is 0 Å². The summed E-state index contributed by atoms with van der Waals surface area (Å²) >= 11 is 0. The molecule has 0 bridgehead atoms. The van der Waals surface area contributed by atoms with Gasteiger partial charge >= 0.3 is 17.9 Å². The number of imide groups is 1. The van der Waals surface area contributed by atoms with Gasteiger partial charge in [0.05, 0.1) is 0 Å². The highest BCUT2D eigenvalue weighted by molar-refractivity contribution is 6.00. The van der Waals surface area contributed by atoms with E-state index in [0.717, 1.165) is 83.5 Å². The van der Waals surface area contributed by atoms with Gasteiger partial charge in [0.25, 0.3) is 12.3 Å². The highest BCUT2D eigenvalue weighted by atomic mass is 16.7. The van der Waals surface area contributed by atoms with E-state index < -0.39 is 29.2 Å². The fourth-order valence-electron chi connectivity index (χ4n) is 4.63. The number of hydroxylamine groups is 2. The number of rotatable bonds is 26. The van der Waals surface area contributed by atoms with E-state index in [9.17, 15) is 29.1 Å². The molecule has 224 valence electrons. The van der Waals surface area contributed by atoms with E-state index in [1.165, 1.54) is 0 Å². The molecule has 0 radical (unpaired) electrons. The Morgan fingerprint density at radius 3 is 1.62 bits per heavy atom. The topological polar surface area (TPSA) is 138 Å². The molecule has 0 aliphatic rings. The van der Waals surface area contributed by atoms with E-state index in [2.05, 4.69) is 6.58 Å². The maximum absolute atomic E-state index is 13.2. The molecule has 0 aliphatic carbocycles. The van der Waals surface area contributed by atoms with Gasteiger partial charge in [-0.2, -0.15) is 0 Å². The number of unbranched alkanes of at least 4 members (excludes halogenated alkanes) is 14. The second-order valence-corrected chi connectivity index (χ2v) is 10.4. The van der Waals surface area contributed by atoms with E-state index in [1.807, 2.05) is 6.08 Å². The van der Waals surface area contributed by atoms with E-state index in [1.54, 1.807) is 6.92 Å². The van der Waals surface area contributed by atoms with Crippen molar-refractivity contribution in [1.82, 2.24) is 5.06 Å². The van der Waals surface area contributed by atoms with Crippen LogP contribution in [0.1, 0.15) is 142 Å². The highest BCUT2D eigenvalue weighted by Gasteiger charge is 2.48. The van der Waals surface area contributed by atoms with Crippen LogP contribution in [0.25, 0.3) is 0 Å². The molecule has 0 aromatic heterocycles. The van der Waals surface area contributed by atoms with Gasteiger partial charge in [0.15, 0.2) is 5.41 Å². The first kappa shape index (κ1) is 36.3. The Labute approximate surface area is 234 Å². The quantitative estimate of drug-likeness (QED) is 0.0384. The maximum atomic E-state index is 13.2. The number of carbonyl (C=O) groups is 5. The van der Waals surface area contributed by atoms with Crippen LogP contribution in [0.4, 0.5) is 0 Å².